The van der Waals surface area contributed by atoms with Crippen LogP contribution in [0.3, 0.4) is 0 Å². The number of carbonyl (C=O) groups is 1. The van der Waals surface area contributed by atoms with Crippen LogP contribution in [0.5, 0.6) is 5.75 Å². The van der Waals surface area contributed by atoms with Crippen molar-refractivity contribution >= 4 is 11.6 Å². The minimum Gasteiger partial charge on any atom is -0.494 e. The molecule has 0 spiro atoms. The van der Waals surface area contributed by atoms with E-state index in [-0.39, 0.29) is 30.9 Å². The van der Waals surface area contributed by atoms with E-state index < -0.39 is 5.82 Å². The summed E-state index contributed by atoms with van der Waals surface area (Å²) in [5, 5.41) is 10.9. The lowest BCUT2D eigenvalue weighted by atomic mass is 10.2. The molecule has 1 aliphatic heterocycles. The standard InChI is InChI=1S/C23H28FN3O4/c1-30-22-7-6-17(9-21(22)24)13-27(31-15-16-4-5-16)23(29)18-10-20(12-25-11-18)26-8-2-3-19(26)14-28/h6-7,9-12,16,19,28H,2-5,8,13-15H2,1H3/t19-/m1/s1. The Balaban J connectivity index is 1.54. The van der Waals surface area contributed by atoms with Crippen LogP contribution in [0, 0.1) is 11.7 Å². The van der Waals surface area contributed by atoms with Crippen molar-refractivity contribution in [2.24, 2.45) is 5.92 Å². The first-order chi connectivity index (χ1) is 15.1. The van der Waals surface area contributed by atoms with Gasteiger partial charge in [0.15, 0.2) is 11.6 Å². The maximum Gasteiger partial charge on any atom is 0.279 e. The van der Waals surface area contributed by atoms with Gasteiger partial charge in [0.25, 0.3) is 5.91 Å². The van der Waals surface area contributed by atoms with Crippen molar-refractivity contribution in [3.63, 3.8) is 0 Å². The summed E-state index contributed by atoms with van der Waals surface area (Å²) in [5.41, 5.74) is 1.80. The highest BCUT2D eigenvalue weighted by Crippen LogP contribution is 2.30. The van der Waals surface area contributed by atoms with Crippen molar-refractivity contribution in [3.05, 3.63) is 53.6 Å². The molecule has 1 saturated heterocycles. The number of hydrogen-bond donors (Lipinski definition) is 1. The lowest BCUT2D eigenvalue weighted by Gasteiger charge is -2.26. The lowest BCUT2D eigenvalue weighted by molar-refractivity contribution is -0.133. The SMILES string of the molecule is COc1ccc(CN(OCC2CC2)C(=O)c2cncc(N3CCC[C@@H]3CO)c2)cc1F. The minimum atomic E-state index is -0.484. The van der Waals surface area contributed by atoms with Gasteiger partial charge in [-0.3, -0.25) is 14.6 Å². The lowest BCUT2D eigenvalue weighted by Crippen LogP contribution is -2.33. The number of benzene rings is 1. The van der Waals surface area contributed by atoms with E-state index in [0.29, 0.717) is 23.7 Å². The molecule has 1 amide bonds. The summed E-state index contributed by atoms with van der Waals surface area (Å²) in [6.07, 6.45) is 7.30. The van der Waals surface area contributed by atoms with Gasteiger partial charge in [-0.05, 0) is 55.4 Å². The Morgan fingerprint density at radius 2 is 2.13 bits per heavy atom. The van der Waals surface area contributed by atoms with Crippen LogP contribution in [0.4, 0.5) is 10.1 Å². The van der Waals surface area contributed by atoms with Gasteiger partial charge >= 0.3 is 0 Å². The molecule has 1 atom stereocenters. The highest BCUT2D eigenvalue weighted by molar-refractivity contribution is 5.94. The van der Waals surface area contributed by atoms with Crippen LogP contribution in [0.15, 0.2) is 36.7 Å². The number of pyridine rings is 1. The molecule has 2 fully saturated rings. The largest absolute Gasteiger partial charge is 0.494 e. The van der Waals surface area contributed by atoms with Crippen molar-refractivity contribution in [3.8, 4) is 5.75 Å². The highest BCUT2D eigenvalue weighted by atomic mass is 19.1. The van der Waals surface area contributed by atoms with Crippen LogP contribution < -0.4 is 9.64 Å². The molecular formula is C23H28FN3O4. The summed E-state index contributed by atoms with van der Waals surface area (Å²) in [5.74, 6) is -0.197. The van der Waals surface area contributed by atoms with Crippen molar-refractivity contribution in [2.45, 2.75) is 38.3 Å². The van der Waals surface area contributed by atoms with Gasteiger partial charge in [0, 0.05) is 12.7 Å². The van der Waals surface area contributed by atoms with Gasteiger partial charge in [-0.25, -0.2) is 9.45 Å². The Hall–Kier alpha value is -2.71. The number of aromatic nitrogens is 1. The van der Waals surface area contributed by atoms with Gasteiger partial charge in [0.05, 0.1) is 50.4 Å². The predicted octanol–water partition coefficient (Wildman–Crippen LogP) is 3.17. The molecule has 0 unspecified atom stereocenters. The summed E-state index contributed by atoms with van der Waals surface area (Å²) in [6, 6.07) is 6.43. The van der Waals surface area contributed by atoms with E-state index in [1.165, 1.54) is 24.4 Å². The number of hydrogen-bond acceptors (Lipinski definition) is 6. The molecule has 7 nitrogen and oxygen atoms in total. The van der Waals surface area contributed by atoms with E-state index in [2.05, 4.69) is 9.88 Å². The number of methoxy groups -OCH3 is 1. The average Bonchev–Trinajstić information content (AvgIpc) is 3.50. The minimum absolute atomic E-state index is 0.0386. The Morgan fingerprint density at radius 3 is 2.84 bits per heavy atom. The highest BCUT2D eigenvalue weighted by Gasteiger charge is 2.28. The van der Waals surface area contributed by atoms with Gasteiger partial charge in [0.2, 0.25) is 0 Å². The molecule has 2 aromatic rings. The molecule has 1 aromatic heterocycles. The number of halogens is 1. The van der Waals surface area contributed by atoms with E-state index in [1.54, 1.807) is 24.4 Å². The summed E-state index contributed by atoms with van der Waals surface area (Å²) in [6.45, 7) is 1.45. The zero-order valence-electron chi connectivity index (χ0n) is 17.7. The molecule has 1 N–H and O–H groups in total. The molecule has 2 aliphatic rings. The Bertz CT molecular complexity index is 921. The zero-order chi connectivity index (χ0) is 21.8. The van der Waals surface area contributed by atoms with Gasteiger partial charge in [-0.1, -0.05) is 6.07 Å². The third-order valence-electron chi connectivity index (χ3n) is 5.82. The van der Waals surface area contributed by atoms with Crippen molar-refractivity contribution in [1.29, 1.82) is 0 Å². The smallest absolute Gasteiger partial charge is 0.279 e. The zero-order valence-corrected chi connectivity index (χ0v) is 17.7. The first-order valence-electron chi connectivity index (χ1n) is 10.7. The average molecular weight is 429 g/mol. The van der Waals surface area contributed by atoms with Crippen LogP contribution in [-0.2, 0) is 11.4 Å². The number of carbonyl (C=O) groups excluding carboxylic acids is 1. The molecular weight excluding hydrogens is 401 g/mol. The summed E-state index contributed by atoms with van der Waals surface area (Å²) in [4.78, 5) is 25.5. The fourth-order valence-corrected chi connectivity index (χ4v) is 3.84. The number of ether oxygens (including phenoxy) is 1. The van der Waals surface area contributed by atoms with Crippen LogP contribution >= 0.6 is 0 Å². The first kappa shape index (κ1) is 21.5. The molecule has 4 rings (SSSR count). The van der Waals surface area contributed by atoms with Crippen LogP contribution in [0.2, 0.25) is 0 Å². The number of aliphatic hydroxyl groups excluding tert-OH is 1. The second-order valence-electron chi connectivity index (χ2n) is 8.15. The molecule has 31 heavy (non-hydrogen) atoms. The molecule has 1 saturated carbocycles. The Labute approximate surface area is 181 Å². The van der Waals surface area contributed by atoms with Gasteiger partial charge < -0.3 is 14.7 Å². The molecule has 1 aromatic carbocycles. The second-order valence-corrected chi connectivity index (χ2v) is 8.15. The number of nitrogens with zero attached hydrogens (tertiary/aromatic N) is 3. The third-order valence-corrected chi connectivity index (χ3v) is 5.82. The maximum atomic E-state index is 14.1. The number of hydroxylamine groups is 2. The number of amides is 1. The Morgan fingerprint density at radius 1 is 1.29 bits per heavy atom. The van der Waals surface area contributed by atoms with E-state index in [4.69, 9.17) is 9.57 Å². The van der Waals surface area contributed by atoms with E-state index in [9.17, 15) is 14.3 Å². The fraction of sp³-hybridized carbons (Fsp3) is 0.478. The summed E-state index contributed by atoms with van der Waals surface area (Å²) >= 11 is 0. The van der Waals surface area contributed by atoms with Crippen LogP contribution in [0.25, 0.3) is 0 Å². The molecule has 0 bridgehead atoms. The Kier molecular flexibility index (Phi) is 6.67. The van der Waals surface area contributed by atoms with E-state index in [1.807, 2.05) is 0 Å². The van der Waals surface area contributed by atoms with Crippen LogP contribution in [0.1, 0.15) is 41.6 Å². The molecule has 8 heteroatoms. The maximum absolute atomic E-state index is 14.1. The number of anilines is 1. The van der Waals surface area contributed by atoms with Crippen LogP contribution in [-0.4, -0.2) is 54.0 Å². The topological polar surface area (TPSA) is 75.1 Å². The quantitative estimate of drug-likeness (QED) is 0.617. The van der Waals surface area contributed by atoms with Gasteiger partial charge in [0.1, 0.15) is 0 Å². The predicted molar refractivity (Wildman–Crippen MR) is 113 cm³/mol. The molecule has 0 radical (unpaired) electrons. The number of aliphatic hydroxyl groups is 1. The normalized spacial score (nSPS) is 18.3. The van der Waals surface area contributed by atoms with Crippen molar-refractivity contribution < 1.29 is 23.9 Å². The molecule has 1 aliphatic carbocycles. The monoisotopic (exact) mass is 429 g/mol. The number of rotatable bonds is 9. The molecule has 166 valence electrons. The summed E-state index contributed by atoms with van der Waals surface area (Å²) in [7, 11) is 1.41. The van der Waals surface area contributed by atoms with Gasteiger partial charge in [-0.2, -0.15) is 0 Å². The van der Waals surface area contributed by atoms with Gasteiger partial charge in [-0.15, -0.1) is 0 Å². The fourth-order valence-electron chi connectivity index (χ4n) is 3.84. The van der Waals surface area contributed by atoms with Crippen molar-refractivity contribution in [2.75, 3.05) is 31.8 Å². The van der Waals surface area contributed by atoms with E-state index >= 15 is 0 Å². The molecule has 2 heterocycles. The summed E-state index contributed by atoms with van der Waals surface area (Å²) < 4.78 is 19.1. The first-order valence-corrected chi connectivity index (χ1v) is 10.7. The van der Waals surface area contributed by atoms with E-state index in [0.717, 1.165) is 37.9 Å². The van der Waals surface area contributed by atoms with Crippen molar-refractivity contribution in [1.82, 2.24) is 10.0 Å². The second kappa shape index (κ2) is 9.62. The third kappa shape index (κ3) is 5.14.